The first-order chi connectivity index (χ1) is 17.4. The van der Waals surface area contributed by atoms with E-state index in [0.29, 0.717) is 30.7 Å². The molecule has 14 heteroatoms. The van der Waals surface area contributed by atoms with Crippen molar-refractivity contribution < 1.29 is 28.2 Å². The van der Waals surface area contributed by atoms with Crippen molar-refractivity contribution in [3.63, 3.8) is 0 Å². The molecule has 36 heavy (non-hydrogen) atoms. The molecular weight excluding hydrogens is 477 g/mol. The summed E-state index contributed by atoms with van der Waals surface area (Å²) in [6.07, 6.45) is 1.48. The summed E-state index contributed by atoms with van der Waals surface area (Å²) in [5, 5.41) is 5.65. The molecule has 2 aliphatic heterocycles. The predicted octanol–water partition coefficient (Wildman–Crippen LogP) is 0.670. The van der Waals surface area contributed by atoms with E-state index in [1.807, 2.05) is 0 Å². The van der Waals surface area contributed by atoms with Crippen LogP contribution in [0.5, 0.6) is 11.6 Å². The lowest BCUT2D eigenvalue weighted by atomic mass is 10.2. The Kier molecular flexibility index (Phi) is 6.33. The number of carbonyl (C=O) groups is 2. The van der Waals surface area contributed by atoms with Crippen LogP contribution in [0.3, 0.4) is 0 Å². The minimum absolute atomic E-state index is 0.0399. The second-order valence-corrected chi connectivity index (χ2v) is 7.97. The Morgan fingerprint density at radius 3 is 2.94 bits per heavy atom. The van der Waals surface area contributed by atoms with Gasteiger partial charge in [0, 0.05) is 19.6 Å². The molecular formula is C22H22FN7O6. The van der Waals surface area contributed by atoms with Crippen LogP contribution in [0.4, 0.5) is 20.8 Å². The van der Waals surface area contributed by atoms with Crippen molar-refractivity contribution in [2.75, 3.05) is 43.1 Å². The molecule has 4 heterocycles. The number of amides is 2. The number of nitrogens with one attached hydrogen (secondary N) is 2. The fourth-order valence-corrected chi connectivity index (χ4v) is 3.95. The summed E-state index contributed by atoms with van der Waals surface area (Å²) in [4.78, 5) is 49.6. The maximum absolute atomic E-state index is 14.5. The van der Waals surface area contributed by atoms with Crippen molar-refractivity contribution >= 4 is 34.7 Å². The summed E-state index contributed by atoms with van der Waals surface area (Å²) in [6.45, 7) is 2.92. The van der Waals surface area contributed by atoms with E-state index in [1.165, 1.54) is 34.0 Å². The van der Waals surface area contributed by atoms with Gasteiger partial charge in [-0.25, -0.2) is 24.1 Å². The Balaban J connectivity index is 1.16. The number of fused-ring (bicyclic) bond motifs is 2. The van der Waals surface area contributed by atoms with Crippen LogP contribution in [0.25, 0.3) is 11.0 Å². The van der Waals surface area contributed by atoms with E-state index in [2.05, 4.69) is 25.6 Å². The summed E-state index contributed by atoms with van der Waals surface area (Å²) >= 11 is 0. The maximum atomic E-state index is 14.5. The molecule has 1 atom stereocenters. The molecule has 0 aliphatic carbocycles. The molecule has 2 aromatic heterocycles. The van der Waals surface area contributed by atoms with Crippen LogP contribution < -0.4 is 30.6 Å². The van der Waals surface area contributed by atoms with Crippen LogP contribution in [0, 0.1) is 5.82 Å². The molecule has 1 fully saturated rings. The molecule has 0 radical (unpaired) electrons. The number of carbonyl (C=O) groups excluding carboxylic acids is 2. The molecule has 2 aliphatic rings. The number of hydrogen-bond donors (Lipinski definition) is 2. The van der Waals surface area contributed by atoms with Crippen LogP contribution in [0.1, 0.15) is 6.92 Å². The van der Waals surface area contributed by atoms with E-state index in [4.69, 9.17) is 14.2 Å². The summed E-state index contributed by atoms with van der Waals surface area (Å²) in [5.41, 5.74) is 0.415. The number of rotatable bonds is 8. The fourth-order valence-electron chi connectivity index (χ4n) is 3.95. The van der Waals surface area contributed by atoms with Gasteiger partial charge in [0.1, 0.15) is 18.2 Å². The summed E-state index contributed by atoms with van der Waals surface area (Å²) in [5.74, 6) is -0.456. The van der Waals surface area contributed by atoms with Gasteiger partial charge < -0.3 is 29.4 Å². The standard InChI is InChI=1S/C22H22FN7O6/c1-2-29-17(32)9-25-14-4-3-13(23)19(18(14)29)34-6-5-24-7-12-10-30(22(33)36-12)15-8-26-21-20(27-15)28-16(31)11-35-21/h3-4,8-9,12,24H,2,5-7,10-11H2,1H3,(H,27,28,31)/t12-/m0/s1. The highest BCUT2D eigenvalue weighted by molar-refractivity contribution is 5.94. The molecule has 0 saturated carbocycles. The first-order valence-electron chi connectivity index (χ1n) is 11.2. The summed E-state index contributed by atoms with van der Waals surface area (Å²) in [6, 6.07) is 2.74. The number of aryl methyl sites for hydroxylation is 1. The predicted molar refractivity (Wildman–Crippen MR) is 124 cm³/mol. The molecule has 3 aromatic rings. The summed E-state index contributed by atoms with van der Waals surface area (Å²) in [7, 11) is 0. The smallest absolute Gasteiger partial charge is 0.416 e. The van der Waals surface area contributed by atoms with Crippen LogP contribution in [0.2, 0.25) is 0 Å². The van der Waals surface area contributed by atoms with Gasteiger partial charge in [-0.1, -0.05) is 0 Å². The van der Waals surface area contributed by atoms with E-state index in [-0.39, 0.29) is 54.5 Å². The normalized spacial score (nSPS) is 16.9. The van der Waals surface area contributed by atoms with Crippen molar-refractivity contribution in [1.29, 1.82) is 0 Å². The average molecular weight is 499 g/mol. The topological polar surface area (TPSA) is 150 Å². The molecule has 0 bridgehead atoms. The van der Waals surface area contributed by atoms with Gasteiger partial charge in [-0.3, -0.25) is 14.5 Å². The van der Waals surface area contributed by atoms with E-state index in [0.717, 1.165) is 0 Å². The van der Waals surface area contributed by atoms with Crippen LogP contribution >= 0.6 is 0 Å². The Labute approximate surface area is 203 Å². The Bertz CT molecular complexity index is 1400. The number of cyclic esters (lactones) is 1. The van der Waals surface area contributed by atoms with Crippen molar-refractivity contribution in [2.45, 2.75) is 19.6 Å². The van der Waals surface area contributed by atoms with Gasteiger partial charge in [0.2, 0.25) is 0 Å². The molecule has 0 unspecified atom stereocenters. The lowest BCUT2D eigenvalue weighted by molar-refractivity contribution is -0.118. The number of aromatic nitrogens is 4. The van der Waals surface area contributed by atoms with Gasteiger partial charge in [-0.2, -0.15) is 0 Å². The van der Waals surface area contributed by atoms with Crippen LogP contribution in [-0.2, 0) is 16.1 Å². The van der Waals surface area contributed by atoms with Crippen molar-refractivity contribution in [1.82, 2.24) is 24.8 Å². The first kappa shape index (κ1) is 23.4. The fraction of sp³-hybridized carbons (Fsp3) is 0.364. The quantitative estimate of drug-likeness (QED) is 0.423. The SMILES string of the molecule is CCn1c(=O)cnc2ccc(F)c(OCCNC[C@H]3CN(c4cnc5c(n4)NC(=O)CO5)C(=O)O3)c21. The third-order valence-corrected chi connectivity index (χ3v) is 5.60. The largest absolute Gasteiger partial charge is 0.487 e. The molecule has 5 rings (SSSR count). The zero-order valence-electron chi connectivity index (χ0n) is 19.2. The monoisotopic (exact) mass is 499 g/mol. The van der Waals surface area contributed by atoms with E-state index in [9.17, 15) is 18.8 Å². The third kappa shape index (κ3) is 4.49. The van der Waals surface area contributed by atoms with E-state index < -0.39 is 18.0 Å². The lowest BCUT2D eigenvalue weighted by Gasteiger charge is -2.18. The number of hydrogen-bond acceptors (Lipinski definition) is 10. The first-order valence-corrected chi connectivity index (χ1v) is 11.2. The van der Waals surface area contributed by atoms with Gasteiger partial charge in [0.05, 0.1) is 24.5 Å². The maximum Gasteiger partial charge on any atom is 0.416 e. The van der Waals surface area contributed by atoms with E-state index >= 15 is 0 Å². The molecule has 188 valence electrons. The van der Waals surface area contributed by atoms with E-state index in [1.54, 1.807) is 6.92 Å². The van der Waals surface area contributed by atoms with Gasteiger partial charge >= 0.3 is 6.09 Å². The third-order valence-electron chi connectivity index (χ3n) is 5.60. The second-order valence-electron chi connectivity index (χ2n) is 7.97. The Hall–Kier alpha value is -4.33. The molecule has 2 N–H and O–H groups in total. The second kappa shape index (κ2) is 9.73. The highest BCUT2D eigenvalue weighted by atomic mass is 19.1. The van der Waals surface area contributed by atoms with Crippen molar-refractivity contribution in [3.05, 3.63) is 40.7 Å². The Morgan fingerprint density at radius 2 is 2.11 bits per heavy atom. The lowest BCUT2D eigenvalue weighted by Crippen LogP contribution is -2.33. The number of benzene rings is 1. The zero-order chi connectivity index (χ0) is 25.2. The zero-order valence-corrected chi connectivity index (χ0v) is 19.2. The van der Waals surface area contributed by atoms with Gasteiger partial charge in [0.25, 0.3) is 17.3 Å². The molecule has 0 spiro atoms. The molecule has 13 nitrogen and oxygen atoms in total. The minimum atomic E-state index is -0.599. The average Bonchev–Trinajstić information content (AvgIpc) is 3.24. The number of nitrogens with zero attached hydrogens (tertiary/aromatic N) is 5. The number of halogens is 1. The van der Waals surface area contributed by atoms with Crippen LogP contribution in [-0.4, -0.2) is 70.5 Å². The number of ether oxygens (including phenoxy) is 3. The molecule has 1 saturated heterocycles. The summed E-state index contributed by atoms with van der Waals surface area (Å²) < 4.78 is 32.1. The van der Waals surface area contributed by atoms with Crippen molar-refractivity contribution in [3.8, 4) is 11.6 Å². The highest BCUT2D eigenvalue weighted by Gasteiger charge is 2.34. The van der Waals surface area contributed by atoms with Gasteiger partial charge in [-0.05, 0) is 19.1 Å². The number of anilines is 2. The van der Waals surface area contributed by atoms with Crippen molar-refractivity contribution in [2.24, 2.45) is 0 Å². The van der Waals surface area contributed by atoms with Gasteiger partial charge in [0.15, 0.2) is 29.8 Å². The molecule has 2 amide bonds. The minimum Gasteiger partial charge on any atom is -0.487 e. The van der Waals surface area contributed by atoms with Crippen LogP contribution in [0.15, 0.2) is 29.3 Å². The highest BCUT2D eigenvalue weighted by Crippen LogP contribution is 2.28. The molecule has 1 aromatic carbocycles. The van der Waals surface area contributed by atoms with Gasteiger partial charge in [-0.15, -0.1) is 0 Å². The Morgan fingerprint density at radius 1 is 1.25 bits per heavy atom.